The van der Waals surface area contributed by atoms with Gasteiger partial charge in [0, 0.05) is 5.56 Å². The van der Waals surface area contributed by atoms with Crippen molar-refractivity contribution < 1.29 is 18.4 Å². The first-order valence-electron chi connectivity index (χ1n) is 8.64. The fourth-order valence-corrected chi connectivity index (χ4v) is 2.42. The van der Waals surface area contributed by atoms with Gasteiger partial charge in [-0.05, 0) is 37.6 Å². The van der Waals surface area contributed by atoms with Gasteiger partial charge in [-0.3, -0.25) is 4.79 Å². The maximum absolute atomic E-state index is 13.0. The smallest absolute Gasteiger partial charge is 0.261 e. The monoisotopic (exact) mass is 369 g/mol. The first-order valence-corrected chi connectivity index (χ1v) is 8.64. The highest BCUT2D eigenvalue weighted by Gasteiger charge is 2.19. The maximum atomic E-state index is 13.0. The van der Waals surface area contributed by atoms with Gasteiger partial charge in [-0.2, -0.15) is 4.98 Å². The van der Waals surface area contributed by atoms with E-state index in [-0.39, 0.29) is 18.3 Å². The fraction of sp³-hybridized carbons (Fsp3) is 0.250. The van der Waals surface area contributed by atoms with Gasteiger partial charge in [0.25, 0.3) is 5.91 Å². The Morgan fingerprint density at radius 3 is 2.56 bits per heavy atom. The Balaban J connectivity index is 1.57. The highest BCUT2D eigenvalue weighted by molar-refractivity contribution is 5.80. The number of nitrogens with zero attached hydrogens (tertiary/aromatic N) is 2. The first-order chi connectivity index (χ1) is 13.0. The number of nitrogens with one attached hydrogen (secondary N) is 1. The number of carbonyl (C=O) groups is 1. The fourth-order valence-electron chi connectivity index (χ4n) is 2.42. The van der Waals surface area contributed by atoms with Gasteiger partial charge >= 0.3 is 0 Å². The molecule has 0 saturated carbocycles. The zero-order chi connectivity index (χ0) is 19.2. The molecule has 0 fully saturated rings. The summed E-state index contributed by atoms with van der Waals surface area (Å²) in [6.45, 7) is 3.93. The zero-order valence-electron chi connectivity index (χ0n) is 15.1. The van der Waals surface area contributed by atoms with E-state index in [0.717, 1.165) is 11.1 Å². The van der Waals surface area contributed by atoms with E-state index in [1.807, 2.05) is 38.1 Å². The third-order valence-electron chi connectivity index (χ3n) is 3.95. The predicted molar refractivity (Wildman–Crippen MR) is 97.4 cm³/mol. The van der Waals surface area contributed by atoms with E-state index in [0.29, 0.717) is 23.9 Å². The summed E-state index contributed by atoms with van der Waals surface area (Å²) in [4.78, 5) is 16.6. The molecule has 1 amide bonds. The SMILES string of the molecule is CC[C@@H](Oc1ccc(F)cc1)C(=O)NCc1nc(-c2ccc(C)cc2)no1. The molecule has 0 bridgehead atoms. The summed E-state index contributed by atoms with van der Waals surface area (Å²) in [5.74, 6) is 0.528. The molecule has 0 radical (unpaired) electrons. The second kappa shape index (κ2) is 8.44. The number of aryl methyl sites for hydroxylation is 1. The molecule has 0 unspecified atom stereocenters. The summed E-state index contributed by atoms with van der Waals surface area (Å²) in [6.07, 6.45) is -0.239. The predicted octanol–water partition coefficient (Wildman–Crippen LogP) is 3.66. The number of hydrogen-bond donors (Lipinski definition) is 1. The van der Waals surface area contributed by atoms with Crippen molar-refractivity contribution in [3.63, 3.8) is 0 Å². The van der Waals surface area contributed by atoms with Crippen molar-refractivity contribution in [3.05, 3.63) is 65.8 Å². The molecule has 0 aliphatic rings. The molecule has 27 heavy (non-hydrogen) atoms. The molecule has 7 heteroatoms. The van der Waals surface area contributed by atoms with Crippen molar-refractivity contribution in [2.24, 2.45) is 0 Å². The Morgan fingerprint density at radius 2 is 1.89 bits per heavy atom. The molecule has 3 rings (SSSR count). The topological polar surface area (TPSA) is 77.2 Å². The van der Waals surface area contributed by atoms with Gasteiger partial charge in [-0.15, -0.1) is 0 Å². The number of carbonyl (C=O) groups excluding carboxylic acids is 1. The van der Waals surface area contributed by atoms with Crippen LogP contribution in [0.5, 0.6) is 5.75 Å². The van der Waals surface area contributed by atoms with Crippen LogP contribution in [0.1, 0.15) is 24.8 Å². The molecule has 6 nitrogen and oxygen atoms in total. The van der Waals surface area contributed by atoms with Gasteiger partial charge in [0.15, 0.2) is 6.10 Å². The Hall–Kier alpha value is -3.22. The Kier molecular flexibility index (Phi) is 5.80. The van der Waals surface area contributed by atoms with Crippen molar-refractivity contribution in [1.82, 2.24) is 15.5 Å². The van der Waals surface area contributed by atoms with Gasteiger partial charge in [-0.25, -0.2) is 4.39 Å². The molecule has 0 aliphatic heterocycles. The van der Waals surface area contributed by atoms with Crippen LogP contribution in [0.2, 0.25) is 0 Å². The van der Waals surface area contributed by atoms with Crippen LogP contribution in [0.15, 0.2) is 53.1 Å². The molecule has 3 aromatic rings. The molecule has 0 spiro atoms. The number of ether oxygens (including phenoxy) is 1. The van der Waals surface area contributed by atoms with E-state index in [9.17, 15) is 9.18 Å². The van der Waals surface area contributed by atoms with Crippen LogP contribution < -0.4 is 10.1 Å². The number of halogens is 1. The lowest BCUT2D eigenvalue weighted by Gasteiger charge is -2.16. The average Bonchev–Trinajstić information content (AvgIpc) is 3.15. The summed E-state index contributed by atoms with van der Waals surface area (Å²) in [7, 11) is 0. The van der Waals surface area contributed by atoms with Crippen LogP contribution in [0, 0.1) is 12.7 Å². The van der Waals surface area contributed by atoms with E-state index >= 15 is 0 Å². The van der Waals surface area contributed by atoms with E-state index in [1.165, 1.54) is 24.3 Å². The summed E-state index contributed by atoms with van der Waals surface area (Å²) >= 11 is 0. The van der Waals surface area contributed by atoms with Gasteiger partial charge in [0.1, 0.15) is 11.6 Å². The minimum absolute atomic E-state index is 0.0982. The van der Waals surface area contributed by atoms with Crippen LogP contribution in [0.3, 0.4) is 0 Å². The Labute approximate surface area is 156 Å². The Morgan fingerprint density at radius 1 is 1.19 bits per heavy atom. The summed E-state index contributed by atoms with van der Waals surface area (Å²) in [5.41, 5.74) is 1.98. The molecule has 140 valence electrons. The van der Waals surface area contributed by atoms with Crippen LogP contribution in [0.25, 0.3) is 11.4 Å². The highest BCUT2D eigenvalue weighted by atomic mass is 19.1. The summed E-state index contributed by atoms with van der Waals surface area (Å²) in [6, 6.07) is 13.3. The normalized spacial score (nSPS) is 11.8. The minimum atomic E-state index is -0.699. The second-order valence-electron chi connectivity index (χ2n) is 6.06. The van der Waals surface area contributed by atoms with Gasteiger partial charge in [0.2, 0.25) is 11.7 Å². The van der Waals surface area contributed by atoms with Crippen LogP contribution in [-0.4, -0.2) is 22.2 Å². The highest BCUT2D eigenvalue weighted by Crippen LogP contribution is 2.17. The third kappa shape index (κ3) is 4.91. The third-order valence-corrected chi connectivity index (χ3v) is 3.95. The molecule has 1 N–H and O–H groups in total. The van der Waals surface area contributed by atoms with E-state index in [4.69, 9.17) is 9.26 Å². The van der Waals surface area contributed by atoms with Crippen LogP contribution in [0.4, 0.5) is 4.39 Å². The molecule has 1 heterocycles. The van der Waals surface area contributed by atoms with Gasteiger partial charge in [0.05, 0.1) is 6.54 Å². The lowest BCUT2D eigenvalue weighted by molar-refractivity contribution is -0.128. The van der Waals surface area contributed by atoms with E-state index < -0.39 is 6.10 Å². The molecular weight excluding hydrogens is 349 g/mol. The number of amides is 1. The number of benzene rings is 2. The first kappa shape index (κ1) is 18.6. The lowest BCUT2D eigenvalue weighted by Crippen LogP contribution is -2.37. The van der Waals surface area contributed by atoms with Crippen LogP contribution in [-0.2, 0) is 11.3 Å². The number of aromatic nitrogens is 2. The van der Waals surface area contributed by atoms with E-state index in [2.05, 4.69) is 15.5 Å². The molecule has 2 aromatic carbocycles. The van der Waals surface area contributed by atoms with E-state index in [1.54, 1.807) is 0 Å². The van der Waals surface area contributed by atoms with Crippen molar-refractivity contribution in [1.29, 1.82) is 0 Å². The van der Waals surface area contributed by atoms with Crippen molar-refractivity contribution in [2.75, 3.05) is 0 Å². The molecule has 0 aliphatic carbocycles. The second-order valence-corrected chi connectivity index (χ2v) is 6.06. The Bertz CT molecular complexity index is 892. The number of rotatable bonds is 7. The quantitative estimate of drug-likeness (QED) is 0.688. The lowest BCUT2D eigenvalue weighted by atomic mass is 10.1. The zero-order valence-corrected chi connectivity index (χ0v) is 15.1. The summed E-state index contributed by atoms with van der Waals surface area (Å²) < 4.78 is 23.8. The molecule has 1 aromatic heterocycles. The average molecular weight is 369 g/mol. The van der Waals surface area contributed by atoms with Gasteiger partial charge < -0.3 is 14.6 Å². The summed E-state index contributed by atoms with van der Waals surface area (Å²) in [5, 5.41) is 6.65. The molecule has 0 saturated heterocycles. The standard InChI is InChI=1S/C20H20FN3O3/c1-3-17(26-16-10-8-15(21)9-11-16)20(25)22-12-18-23-19(24-27-18)14-6-4-13(2)5-7-14/h4-11,17H,3,12H2,1-2H3,(H,22,25)/t17-/m1/s1. The molecule has 1 atom stereocenters. The van der Waals surface area contributed by atoms with Crippen molar-refractivity contribution in [3.8, 4) is 17.1 Å². The maximum Gasteiger partial charge on any atom is 0.261 e. The largest absolute Gasteiger partial charge is 0.481 e. The van der Waals surface area contributed by atoms with Crippen molar-refractivity contribution in [2.45, 2.75) is 32.9 Å². The number of hydrogen-bond acceptors (Lipinski definition) is 5. The minimum Gasteiger partial charge on any atom is -0.481 e. The van der Waals surface area contributed by atoms with Gasteiger partial charge in [-0.1, -0.05) is 41.9 Å². The van der Waals surface area contributed by atoms with Crippen molar-refractivity contribution >= 4 is 5.91 Å². The molecular formula is C20H20FN3O3. The van der Waals surface area contributed by atoms with Crippen LogP contribution >= 0.6 is 0 Å².